The maximum atomic E-state index is 10.7. The van der Waals surface area contributed by atoms with E-state index in [0.29, 0.717) is 19.0 Å². The largest absolute Gasteiger partial charge is 0.467 e. The van der Waals surface area contributed by atoms with Crippen molar-refractivity contribution in [3.63, 3.8) is 0 Å². The van der Waals surface area contributed by atoms with Crippen molar-refractivity contribution in [3.8, 4) is 0 Å². The van der Waals surface area contributed by atoms with E-state index < -0.39 is 6.10 Å². The molecule has 3 rings (SSSR count). The van der Waals surface area contributed by atoms with Gasteiger partial charge in [-0.05, 0) is 65.2 Å². The number of rotatable bonds is 5. The Morgan fingerprint density at radius 3 is 2.83 bits per heavy atom. The number of aromatic nitrogens is 1. The molecule has 1 N–H and O–H groups in total. The predicted octanol–water partition coefficient (Wildman–Crippen LogP) is 4.14. The molecule has 132 valence electrons. The number of aliphatic hydroxyl groups is 1. The lowest BCUT2D eigenvalue weighted by atomic mass is 9.74. The number of hydrogen-bond acceptors (Lipinski definition) is 4. The Morgan fingerprint density at radius 2 is 2.17 bits per heavy atom. The van der Waals surface area contributed by atoms with Crippen LogP contribution in [0.15, 0.2) is 6.20 Å². The molecule has 0 amide bonds. The zero-order valence-electron chi connectivity index (χ0n) is 14.4. The zero-order chi connectivity index (χ0) is 17.3. The van der Waals surface area contributed by atoms with Gasteiger partial charge in [-0.25, -0.2) is 0 Å². The molecule has 0 bridgehead atoms. The summed E-state index contributed by atoms with van der Waals surface area (Å²) in [6, 6.07) is 0. The van der Waals surface area contributed by atoms with Gasteiger partial charge in [0.2, 0.25) is 0 Å². The highest BCUT2D eigenvalue weighted by Crippen LogP contribution is 2.45. The molecule has 1 saturated carbocycles. The highest BCUT2D eigenvalue weighted by molar-refractivity contribution is 14.1. The molecule has 1 heterocycles. The lowest BCUT2D eigenvalue weighted by Gasteiger charge is -2.35. The average Bonchev–Trinajstić information content (AvgIpc) is 3.02. The summed E-state index contributed by atoms with van der Waals surface area (Å²) in [5.41, 5.74) is 3.24. The minimum absolute atomic E-state index is 0.0789. The Hall–Kier alpha value is -0.690. The number of fused-ring (bicyclic) bond motifs is 1. The van der Waals surface area contributed by atoms with Gasteiger partial charge >= 0.3 is 0 Å². The van der Waals surface area contributed by atoms with Crippen molar-refractivity contribution in [3.05, 3.63) is 26.6 Å². The molecule has 1 aromatic heterocycles. The van der Waals surface area contributed by atoms with Crippen molar-refractivity contribution in [1.29, 1.82) is 0 Å². The molecule has 4 nitrogen and oxygen atoms in total. The second-order valence-corrected chi connectivity index (χ2v) is 9.11. The topological polar surface area (TPSA) is 59.4 Å². The first-order chi connectivity index (χ1) is 11.4. The summed E-state index contributed by atoms with van der Waals surface area (Å²) in [6.07, 6.45) is 8.01. The molecular formula is C19H26INO3. The fourth-order valence-electron chi connectivity index (χ4n) is 4.43. The van der Waals surface area contributed by atoms with Crippen LogP contribution >= 0.6 is 22.6 Å². The summed E-state index contributed by atoms with van der Waals surface area (Å²) < 4.78 is 6.26. The molecular weight excluding hydrogens is 417 g/mol. The van der Waals surface area contributed by atoms with Crippen molar-refractivity contribution in [1.82, 2.24) is 4.98 Å². The standard InChI is InChI=1S/C19H26INO3/c1-19(2)7-15-17(16(23)8-19)18(20)13(9-21-15)14(10-24-11-22)12-5-3-4-6-12/h9,11-12,14,16,23H,3-8,10H2,1-2H3. The van der Waals surface area contributed by atoms with E-state index in [1.807, 2.05) is 6.20 Å². The van der Waals surface area contributed by atoms with Gasteiger partial charge in [-0.2, -0.15) is 0 Å². The van der Waals surface area contributed by atoms with Crippen LogP contribution in [0.3, 0.4) is 0 Å². The fraction of sp³-hybridized carbons (Fsp3) is 0.684. The van der Waals surface area contributed by atoms with Gasteiger partial charge in [0.1, 0.15) is 0 Å². The maximum Gasteiger partial charge on any atom is 0.293 e. The van der Waals surface area contributed by atoms with E-state index in [-0.39, 0.29) is 11.3 Å². The summed E-state index contributed by atoms with van der Waals surface area (Å²) in [5, 5.41) is 10.7. The number of carbonyl (C=O) groups excluding carboxylic acids is 1. The van der Waals surface area contributed by atoms with Gasteiger partial charge in [0.05, 0.1) is 12.7 Å². The van der Waals surface area contributed by atoms with E-state index in [9.17, 15) is 9.90 Å². The SMILES string of the molecule is CC1(C)Cc2ncc(C(COC=O)C3CCCC3)c(I)c2C(O)C1. The van der Waals surface area contributed by atoms with E-state index in [1.165, 1.54) is 25.7 Å². The number of carbonyl (C=O) groups is 1. The van der Waals surface area contributed by atoms with Crippen molar-refractivity contribution >= 4 is 29.1 Å². The molecule has 2 atom stereocenters. The summed E-state index contributed by atoms with van der Waals surface area (Å²) in [7, 11) is 0. The van der Waals surface area contributed by atoms with Crippen LogP contribution in [0.2, 0.25) is 0 Å². The van der Waals surface area contributed by atoms with Crippen molar-refractivity contribution < 1.29 is 14.6 Å². The van der Waals surface area contributed by atoms with E-state index in [0.717, 1.165) is 33.2 Å². The fourth-order valence-corrected chi connectivity index (χ4v) is 5.64. The van der Waals surface area contributed by atoms with Gasteiger partial charge in [0, 0.05) is 26.9 Å². The molecule has 2 aliphatic rings. The normalized spacial score (nSPS) is 24.4. The third-order valence-corrected chi connectivity index (χ3v) is 6.80. The number of nitrogens with zero attached hydrogens (tertiary/aromatic N) is 1. The molecule has 0 spiro atoms. The summed E-state index contributed by atoms with van der Waals surface area (Å²) >= 11 is 2.36. The summed E-state index contributed by atoms with van der Waals surface area (Å²) in [4.78, 5) is 15.4. The minimum Gasteiger partial charge on any atom is -0.467 e. The van der Waals surface area contributed by atoms with Gasteiger partial charge in [-0.15, -0.1) is 0 Å². The molecule has 0 radical (unpaired) electrons. The monoisotopic (exact) mass is 443 g/mol. The van der Waals surface area contributed by atoms with Crippen LogP contribution in [0.25, 0.3) is 0 Å². The number of aliphatic hydroxyl groups excluding tert-OH is 1. The van der Waals surface area contributed by atoms with E-state index >= 15 is 0 Å². The smallest absolute Gasteiger partial charge is 0.293 e. The van der Waals surface area contributed by atoms with Crippen molar-refractivity contribution in [2.24, 2.45) is 11.3 Å². The summed E-state index contributed by atoms with van der Waals surface area (Å²) in [6.45, 7) is 5.31. The molecule has 2 unspecified atom stereocenters. The first kappa shape index (κ1) is 18.1. The lowest BCUT2D eigenvalue weighted by molar-refractivity contribution is -0.129. The van der Waals surface area contributed by atoms with Crippen LogP contribution in [0.4, 0.5) is 0 Å². The Bertz CT molecular complexity index is 611. The highest BCUT2D eigenvalue weighted by atomic mass is 127. The zero-order valence-corrected chi connectivity index (χ0v) is 16.6. The van der Waals surface area contributed by atoms with Gasteiger partial charge in [0.25, 0.3) is 6.47 Å². The average molecular weight is 443 g/mol. The van der Waals surface area contributed by atoms with Crippen LogP contribution < -0.4 is 0 Å². The van der Waals surface area contributed by atoms with Crippen LogP contribution in [0.1, 0.15) is 74.8 Å². The maximum absolute atomic E-state index is 10.7. The number of ether oxygens (including phenoxy) is 1. The number of halogens is 1. The molecule has 0 aromatic carbocycles. The Morgan fingerprint density at radius 1 is 1.46 bits per heavy atom. The van der Waals surface area contributed by atoms with Crippen LogP contribution in [-0.4, -0.2) is 23.2 Å². The third kappa shape index (κ3) is 3.62. The van der Waals surface area contributed by atoms with Crippen LogP contribution in [-0.2, 0) is 16.0 Å². The molecule has 24 heavy (non-hydrogen) atoms. The first-order valence-electron chi connectivity index (χ1n) is 8.83. The second kappa shape index (κ2) is 7.28. The molecule has 1 aromatic rings. The molecule has 0 aliphatic heterocycles. The van der Waals surface area contributed by atoms with Gasteiger partial charge < -0.3 is 9.84 Å². The predicted molar refractivity (Wildman–Crippen MR) is 101 cm³/mol. The molecule has 0 saturated heterocycles. The van der Waals surface area contributed by atoms with Gasteiger partial charge in [-0.1, -0.05) is 26.7 Å². The highest BCUT2D eigenvalue weighted by Gasteiger charge is 2.36. The van der Waals surface area contributed by atoms with Crippen molar-refractivity contribution in [2.75, 3.05) is 6.61 Å². The van der Waals surface area contributed by atoms with E-state index in [4.69, 9.17) is 9.72 Å². The quantitative estimate of drug-likeness (QED) is 0.549. The third-order valence-electron chi connectivity index (χ3n) is 5.60. The molecule has 5 heteroatoms. The Labute approximate surface area is 157 Å². The number of hydrogen-bond donors (Lipinski definition) is 1. The summed E-state index contributed by atoms with van der Waals surface area (Å²) in [5.74, 6) is 0.722. The Kier molecular flexibility index (Phi) is 5.49. The minimum atomic E-state index is -0.459. The van der Waals surface area contributed by atoms with Gasteiger partial charge in [-0.3, -0.25) is 9.78 Å². The van der Waals surface area contributed by atoms with Crippen LogP contribution in [0.5, 0.6) is 0 Å². The van der Waals surface area contributed by atoms with Crippen molar-refractivity contribution in [2.45, 2.75) is 64.4 Å². The second-order valence-electron chi connectivity index (χ2n) is 8.03. The van der Waals surface area contributed by atoms with Gasteiger partial charge in [0.15, 0.2) is 0 Å². The number of pyridine rings is 1. The van der Waals surface area contributed by atoms with E-state index in [1.54, 1.807) is 0 Å². The first-order valence-corrected chi connectivity index (χ1v) is 9.91. The molecule has 2 aliphatic carbocycles. The lowest BCUT2D eigenvalue weighted by Crippen LogP contribution is -2.28. The molecule has 1 fully saturated rings. The van der Waals surface area contributed by atoms with E-state index in [2.05, 4.69) is 36.4 Å². The Balaban J connectivity index is 1.98. The van der Waals surface area contributed by atoms with Crippen LogP contribution in [0, 0.1) is 14.9 Å².